The van der Waals surface area contributed by atoms with Gasteiger partial charge in [-0.3, -0.25) is 9.59 Å². The van der Waals surface area contributed by atoms with Gasteiger partial charge in [-0.05, 0) is 24.7 Å². The van der Waals surface area contributed by atoms with Crippen molar-refractivity contribution in [2.75, 3.05) is 6.54 Å². The van der Waals surface area contributed by atoms with Gasteiger partial charge in [0, 0.05) is 12.6 Å². The summed E-state index contributed by atoms with van der Waals surface area (Å²) in [6, 6.07) is -0.320. The van der Waals surface area contributed by atoms with E-state index in [0.717, 1.165) is 12.8 Å². The minimum absolute atomic E-state index is 0.0210. The fourth-order valence-electron chi connectivity index (χ4n) is 2.14. The normalized spacial score (nSPS) is 19.1. The van der Waals surface area contributed by atoms with Crippen molar-refractivity contribution in [1.29, 1.82) is 0 Å². The molecule has 1 aliphatic rings. The van der Waals surface area contributed by atoms with Crippen LogP contribution in [0.5, 0.6) is 0 Å². The first-order chi connectivity index (χ1) is 8.18. The van der Waals surface area contributed by atoms with Gasteiger partial charge in [-0.1, -0.05) is 20.8 Å². The van der Waals surface area contributed by atoms with Crippen LogP contribution in [-0.2, 0) is 9.59 Å². The van der Waals surface area contributed by atoms with Crippen LogP contribution in [0.3, 0.4) is 0 Å². The Bertz CT molecular complexity index is 330. The summed E-state index contributed by atoms with van der Waals surface area (Å²) < 4.78 is 0. The van der Waals surface area contributed by atoms with Crippen LogP contribution in [0.4, 0.5) is 0 Å². The van der Waals surface area contributed by atoms with E-state index < -0.39 is 11.4 Å². The molecule has 0 aromatic carbocycles. The number of rotatable bonds is 6. The van der Waals surface area contributed by atoms with Gasteiger partial charge in [0.15, 0.2) is 0 Å². The molecule has 0 heterocycles. The summed E-state index contributed by atoms with van der Waals surface area (Å²) in [4.78, 5) is 22.9. The van der Waals surface area contributed by atoms with Crippen molar-refractivity contribution in [3.63, 3.8) is 0 Å². The lowest BCUT2D eigenvalue weighted by Crippen LogP contribution is -2.44. The molecule has 1 atom stereocenters. The topological polar surface area (TPSA) is 92.4 Å². The minimum atomic E-state index is -0.887. The third-order valence-corrected chi connectivity index (χ3v) is 3.34. The number of carboxylic acids is 1. The monoisotopic (exact) mass is 256 g/mol. The molecule has 1 fully saturated rings. The van der Waals surface area contributed by atoms with Crippen LogP contribution < -0.4 is 11.1 Å². The summed E-state index contributed by atoms with van der Waals surface area (Å²) in [6.45, 7) is 6.44. The van der Waals surface area contributed by atoms with E-state index in [0.29, 0.717) is 13.0 Å². The summed E-state index contributed by atoms with van der Waals surface area (Å²) in [5.74, 6) is -0.970. The maximum absolute atomic E-state index is 12.1. The number of nitrogens with two attached hydrogens (primary N) is 1. The van der Waals surface area contributed by atoms with Crippen molar-refractivity contribution < 1.29 is 14.7 Å². The number of carbonyl (C=O) groups is 2. The second-order valence-electron chi connectivity index (χ2n) is 6.52. The highest BCUT2D eigenvalue weighted by atomic mass is 16.4. The minimum Gasteiger partial charge on any atom is -0.481 e. The molecule has 0 aromatic heterocycles. The molecule has 5 heteroatoms. The van der Waals surface area contributed by atoms with Crippen molar-refractivity contribution in [2.45, 2.75) is 52.5 Å². The van der Waals surface area contributed by atoms with Crippen LogP contribution in [0.25, 0.3) is 0 Å². The molecular weight excluding hydrogens is 232 g/mol. The van der Waals surface area contributed by atoms with E-state index in [1.807, 2.05) is 20.8 Å². The zero-order valence-electron chi connectivity index (χ0n) is 11.5. The highest BCUT2D eigenvalue weighted by Gasteiger charge is 2.49. The molecule has 1 aliphatic carbocycles. The fraction of sp³-hybridized carbons (Fsp3) is 0.846. The zero-order chi connectivity index (χ0) is 14.0. The molecule has 1 unspecified atom stereocenters. The molecule has 1 saturated carbocycles. The molecular formula is C13H24N2O3. The van der Waals surface area contributed by atoms with Gasteiger partial charge in [0.2, 0.25) is 5.91 Å². The van der Waals surface area contributed by atoms with Gasteiger partial charge in [0.25, 0.3) is 0 Å². The van der Waals surface area contributed by atoms with Crippen molar-refractivity contribution in [3.05, 3.63) is 0 Å². The first kappa shape index (κ1) is 15.0. The van der Waals surface area contributed by atoms with Crippen LogP contribution in [-0.4, -0.2) is 29.6 Å². The number of aliphatic carboxylic acids is 1. The lowest BCUT2D eigenvalue weighted by molar-refractivity contribution is -0.138. The Morgan fingerprint density at radius 1 is 1.39 bits per heavy atom. The lowest BCUT2D eigenvalue weighted by Gasteiger charge is -2.27. The molecule has 0 saturated heterocycles. The Kier molecular flexibility index (Phi) is 4.37. The maximum Gasteiger partial charge on any atom is 0.305 e. The Morgan fingerprint density at radius 2 is 1.94 bits per heavy atom. The summed E-state index contributed by atoms with van der Waals surface area (Å²) in [6.07, 6.45) is 2.23. The van der Waals surface area contributed by atoms with E-state index in [-0.39, 0.29) is 23.8 Å². The smallest absolute Gasteiger partial charge is 0.305 e. The molecule has 104 valence electrons. The second kappa shape index (κ2) is 5.26. The summed E-state index contributed by atoms with van der Waals surface area (Å²) in [7, 11) is 0. The highest BCUT2D eigenvalue weighted by molar-refractivity contribution is 5.86. The molecule has 4 N–H and O–H groups in total. The molecule has 0 aliphatic heterocycles. The first-order valence-corrected chi connectivity index (χ1v) is 6.41. The second-order valence-corrected chi connectivity index (χ2v) is 6.52. The van der Waals surface area contributed by atoms with E-state index in [1.165, 1.54) is 0 Å². The lowest BCUT2D eigenvalue weighted by atomic mass is 9.86. The average Bonchev–Trinajstić information content (AvgIpc) is 2.93. The highest BCUT2D eigenvalue weighted by Crippen LogP contribution is 2.44. The number of carbonyl (C=O) groups excluding carboxylic acids is 1. The van der Waals surface area contributed by atoms with Crippen molar-refractivity contribution in [1.82, 2.24) is 5.32 Å². The van der Waals surface area contributed by atoms with Gasteiger partial charge in [0.1, 0.15) is 0 Å². The number of carboxylic acid groups (broad SMARTS) is 1. The fourth-order valence-corrected chi connectivity index (χ4v) is 2.14. The summed E-state index contributed by atoms with van der Waals surface area (Å²) >= 11 is 0. The van der Waals surface area contributed by atoms with Gasteiger partial charge in [0.05, 0.1) is 11.8 Å². The van der Waals surface area contributed by atoms with Crippen LogP contribution in [0.15, 0.2) is 0 Å². The van der Waals surface area contributed by atoms with Gasteiger partial charge in [-0.2, -0.15) is 0 Å². The average molecular weight is 256 g/mol. The standard InChI is InChI=1S/C13H24N2O3/c1-12(2,3)7-9(6-10(16)17)15-11(18)13(8-14)4-5-13/h9H,4-8,14H2,1-3H3,(H,15,18)(H,16,17). The predicted octanol–water partition coefficient (Wildman–Crippen LogP) is 1.12. The first-order valence-electron chi connectivity index (χ1n) is 6.41. The molecule has 5 nitrogen and oxygen atoms in total. The maximum atomic E-state index is 12.1. The number of amides is 1. The molecule has 1 rings (SSSR count). The van der Waals surface area contributed by atoms with E-state index >= 15 is 0 Å². The Balaban J connectivity index is 2.61. The molecule has 0 aromatic rings. The summed E-state index contributed by atoms with van der Waals surface area (Å²) in [5.41, 5.74) is 5.15. The molecule has 18 heavy (non-hydrogen) atoms. The van der Waals surface area contributed by atoms with Crippen LogP contribution >= 0.6 is 0 Å². The molecule has 0 radical (unpaired) electrons. The Hall–Kier alpha value is -1.10. The Morgan fingerprint density at radius 3 is 2.28 bits per heavy atom. The SMILES string of the molecule is CC(C)(C)CC(CC(=O)O)NC(=O)C1(CN)CC1. The van der Waals surface area contributed by atoms with Crippen molar-refractivity contribution >= 4 is 11.9 Å². The van der Waals surface area contributed by atoms with Gasteiger partial charge < -0.3 is 16.2 Å². The summed E-state index contributed by atoms with van der Waals surface area (Å²) in [5, 5.41) is 11.8. The molecule has 0 bridgehead atoms. The van der Waals surface area contributed by atoms with E-state index in [9.17, 15) is 9.59 Å². The zero-order valence-corrected chi connectivity index (χ0v) is 11.5. The van der Waals surface area contributed by atoms with Gasteiger partial charge in [-0.25, -0.2) is 0 Å². The van der Waals surface area contributed by atoms with Crippen LogP contribution in [0.1, 0.15) is 46.5 Å². The number of hydrogen-bond acceptors (Lipinski definition) is 3. The third kappa shape index (κ3) is 4.29. The Labute approximate surface area is 108 Å². The van der Waals surface area contributed by atoms with Gasteiger partial charge in [-0.15, -0.1) is 0 Å². The molecule has 1 amide bonds. The van der Waals surface area contributed by atoms with Gasteiger partial charge >= 0.3 is 5.97 Å². The van der Waals surface area contributed by atoms with Crippen LogP contribution in [0, 0.1) is 10.8 Å². The van der Waals surface area contributed by atoms with Crippen molar-refractivity contribution in [2.24, 2.45) is 16.6 Å². The largest absolute Gasteiger partial charge is 0.481 e. The predicted molar refractivity (Wildman–Crippen MR) is 69.0 cm³/mol. The molecule has 0 spiro atoms. The van der Waals surface area contributed by atoms with Crippen LogP contribution in [0.2, 0.25) is 0 Å². The van der Waals surface area contributed by atoms with E-state index in [4.69, 9.17) is 10.8 Å². The number of nitrogens with one attached hydrogen (secondary N) is 1. The quantitative estimate of drug-likeness (QED) is 0.664. The van der Waals surface area contributed by atoms with E-state index in [2.05, 4.69) is 5.32 Å². The number of hydrogen-bond donors (Lipinski definition) is 3. The van der Waals surface area contributed by atoms with E-state index in [1.54, 1.807) is 0 Å². The third-order valence-electron chi connectivity index (χ3n) is 3.34. The van der Waals surface area contributed by atoms with Crippen molar-refractivity contribution in [3.8, 4) is 0 Å².